The normalized spacial score (nSPS) is 19.4. The highest BCUT2D eigenvalue weighted by Crippen LogP contribution is 2.78. The van der Waals surface area contributed by atoms with Gasteiger partial charge in [-0.2, -0.15) is 15.8 Å². The largest absolute Gasteiger partial charge is 0.460 e. The third kappa shape index (κ3) is 9.57. The van der Waals surface area contributed by atoms with E-state index in [2.05, 4.69) is 18.2 Å². The summed E-state index contributed by atoms with van der Waals surface area (Å²) in [6, 6.07) is 47.5. The third-order valence-electron chi connectivity index (χ3n) is 8.04. The summed E-state index contributed by atoms with van der Waals surface area (Å²) in [5.41, 5.74) is 4.17. The van der Waals surface area contributed by atoms with Crippen molar-refractivity contribution in [3.63, 3.8) is 0 Å². The van der Waals surface area contributed by atoms with Crippen LogP contribution in [0.1, 0.15) is 33.4 Å². The first kappa shape index (κ1) is 38.6. The van der Waals surface area contributed by atoms with Crippen LogP contribution in [0.15, 0.2) is 159 Å². The monoisotopic (exact) mass is 810 g/mol. The minimum atomic E-state index is -4.15. The number of rotatable bonds is 12. The van der Waals surface area contributed by atoms with Crippen LogP contribution < -0.4 is 27.1 Å². The molecule has 6 aromatic carbocycles. The minimum absolute atomic E-state index is 0.266. The smallest absolute Gasteiger partial charge is 0.413 e. The fraction of sp³-hybridized carbons (Fsp3) is 0.0714. The molecule has 0 amide bonds. The van der Waals surface area contributed by atoms with Crippen LogP contribution in [0.25, 0.3) is 0 Å². The van der Waals surface area contributed by atoms with E-state index in [-0.39, 0.29) is 17.2 Å². The van der Waals surface area contributed by atoms with E-state index in [4.69, 9.17) is 40.7 Å². The summed E-state index contributed by atoms with van der Waals surface area (Å²) in [6.07, 6.45) is 0. The first-order chi connectivity index (χ1) is 27.6. The summed E-state index contributed by atoms with van der Waals surface area (Å²) in [4.78, 5) is 0. The Kier molecular flexibility index (Phi) is 11.2. The van der Waals surface area contributed by atoms with E-state index in [1.54, 1.807) is 109 Å². The van der Waals surface area contributed by atoms with Crippen molar-refractivity contribution >= 4 is 23.0 Å². The number of hydrogen-bond acceptors (Lipinski definition) is 12. The van der Waals surface area contributed by atoms with Crippen LogP contribution in [-0.2, 0) is 0 Å². The van der Waals surface area contributed by atoms with Crippen molar-refractivity contribution in [1.82, 2.24) is 0 Å². The van der Waals surface area contributed by atoms with Gasteiger partial charge in [-0.3, -0.25) is 0 Å². The second-order valence-corrected chi connectivity index (χ2v) is 18.8. The van der Waals surface area contributed by atoms with Gasteiger partial charge in [0, 0.05) is 0 Å². The lowest BCUT2D eigenvalue weighted by Crippen LogP contribution is -2.11. The highest BCUT2D eigenvalue weighted by atomic mass is 31.3. The van der Waals surface area contributed by atoms with Gasteiger partial charge in [0.15, 0.2) is 0 Å². The number of benzene rings is 6. The van der Waals surface area contributed by atoms with Crippen LogP contribution in [0, 0.1) is 54.8 Å². The molecule has 1 heterocycles. The highest BCUT2D eigenvalue weighted by Gasteiger charge is 2.49. The summed E-state index contributed by atoms with van der Waals surface area (Å²) in [5, 5.41) is 28.7. The fourth-order valence-electron chi connectivity index (χ4n) is 5.15. The van der Waals surface area contributed by atoms with Crippen LogP contribution in [0.2, 0.25) is 0 Å². The predicted molar refractivity (Wildman–Crippen MR) is 219 cm³/mol. The van der Waals surface area contributed by atoms with Crippen molar-refractivity contribution in [3.05, 3.63) is 179 Å². The lowest BCUT2D eigenvalue weighted by atomic mass is 10.2. The molecule has 0 fully saturated rings. The molecule has 0 spiro atoms. The molecule has 0 aromatic heterocycles. The molecule has 0 unspecified atom stereocenters. The summed E-state index contributed by atoms with van der Waals surface area (Å²) >= 11 is 0. The van der Waals surface area contributed by atoms with Crippen LogP contribution in [-0.4, -0.2) is 0 Å². The van der Waals surface area contributed by atoms with Gasteiger partial charge >= 0.3 is 23.0 Å². The van der Waals surface area contributed by atoms with Crippen molar-refractivity contribution in [2.75, 3.05) is 0 Å². The standard InChI is InChI=1S/C42H33N6O6P3/c1-31-4-16-37(17-5-31)49-55(52-40-22-10-34(28-43)11-23-40)46-56(50-38-18-6-32(2)7-19-38,53-41-24-12-35(29-44)13-25-41)48-57(47-55,51-39-20-8-33(3)9-21-39)54-42-26-14-36(30-45)15-27-42/h4-27H,1-3H3. The Morgan fingerprint density at radius 2 is 0.491 bits per heavy atom. The number of aryl methyl sites for hydroxylation is 3. The van der Waals surface area contributed by atoms with Gasteiger partial charge in [-0.15, -0.1) is 0 Å². The van der Waals surface area contributed by atoms with Gasteiger partial charge in [-0.25, -0.2) is 0 Å². The Morgan fingerprint density at radius 3 is 0.667 bits per heavy atom. The van der Waals surface area contributed by atoms with Gasteiger partial charge in [-0.05, 0) is 130 Å². The van der Waals surface area contributed by atoms with Crippen LogP contribution >= 0.6 is 23.0 Å². The lowest BCUT2D eigenvalue weighted by molar-refractivity contribution is 0.443. The molecule has 0 atom stereocenters. The Hall–Kier alpha value is -6.72. The molecule has 0 saturated heterocycles. The van der Waals surface area contributed by atoms with Gasteiger partial charge < -0.3 is 27.1 Å². The molecular weight excluding hydrogens is 777 g/mol. The molecule has 57 heavy (non-hydrogen) atoms. The number of nitriles is 3. The second-order valence-electron chi connectivity index (χ2n) is 12.6. The quantitative estimate of drug-likeness (QED) is 0.109. The zero-order valence-corrected chi connectivity index (χ0v) is 33.5. The molecule has 0 radical (unpaired) electrons. The maximum absolute atomic E-state index is 9.56. The van der Waals surface area contributed by atoms with Crippen LogP contribution in [0.4, 0.5) is 0 Å². The van der Waals surface area contributed by atoms with E-state index in [0.717, 1.165) is 16.7 Å². The van der Waals surface area contributed by atoms with E-state index >= 15 is 0 Å². The van der Waals surface area contributed by atoms with Crippen LogP contribution in [0.5, 0.6) is 34.5 Å². The van der Waals surface area contributed by atoms with E-state index in [1.165, 1.54) is 0 Å². The molecule has 1 aliphatic heterocycles. The van der Waals surface area contributed by atoms with E-state index in [1.807, 2.05) is 57.2 Å². The van der Waals surface area contributed by atoms with E-state index in [0.29, 0.717) is 33.9 Å². The summed E-state index contributed by atoms with van der Waals surface area (Å²) in [5.74, 6) is 1.87. The van der Waals surface area contributed by atoms with Gasteiger partial charge in [0.1, 0.15) is 34.5 Å². The molecule has 15 heteroatoms. The van der Waals surface area contributed by atoms with E-state index in [9.17, 15) is 15.8 Å². The van der Waals surface area contributed by atoms with Gasteiger partial charge in [0.05, 0.1) is 34.9 Å². The zero-order valence-electron chi connectivity index (χ0n) is 30.8. The molecule has 0 aliphatic carbocycles. The minimum Gasteiger partial charge on any atom is -0.413 e. The maximum Gasteiger partial charge on any atom is 0.460 e. The average Bonchev–Trinajstić information content (AvgIpc) is 3.21. The lowest BCUT2D eigenvalue weighted by Gasteiger charge is -2.33. The third-order valence-corrected chi connectivity index (χ3v) is 16.2. The zero-order chi connectivity index (χ0) is 39.9. The van der Waals surface area contributed by atoms with Crippen LogP contribution in [0.3, 0.4) is 0 Å². The molecule has 282 valence electrons. The summed E-state index contributed by atoms with van der Waals surface area (Å²) in [6.45, 7) is 5.85. The molecule has 0 N–H and O–H groups in total. The molecule has 1 aliphatic rings. The maximum atomic E-state index is 9.56. The first-order valence-electron chi connectivity index (χ1n) is 17.4. The number of nitrogens with zero attached hydrogens (tertiary/aromatic N) is 6. The Morgan fingerprint density at radius 1 is 0.316 bits per heavy atom. The van der Waals surface area contributed by atoms with Crippen molar-refractivity contribution in [2.45, 2.75) is 20.8 Å². The molecule has 0 saturated carbocycles. The van der Waals surface area contributed by atoms with Gasteiger partial charge in [-0.1, -0.05) is 66.6 Å². The SMILES string of the molecule is Cc1ccc(OP2(Oc3ccc(C#N)cc3)=NP(Oc3ccc(C)cc3)(Oc3ccc(C#N)cc3)=NP(Oc3ccc(C)cc3)(Oc3ccc(C#N)cc3)=N2)cc1. The topological polar surface area (TPSA) is 164 Å². The second kappa shape index (κ2) is 16.6. The summed E-state index contributed by atoms with van der Waals surface area (Å²) in [7, 11) is -12.4. The molecule has 6 aromatic rings. The molecule has 0 bridgehead atoms. The fourth-order valence-corrected chi connectivity index (χ4v) is 14.2. The highest BCUT2D eigenvalue weighted by molar-refractivity contribution is 7.79. The van der Waals surface area contributed by atoms with E-state index < -0.39 is 23.0 Å². The number of hydrogen-bond donors (Lipinski definition) is 0. The van der Waals surface area contributed by atoms with Crippen molar-refractivity contribution < 1.29 is 27.1 Å². The van der Waals surface area contributed by atoms with Gasteiger partial charge in [0.25, 0.3) is 0 Å². The summed E-state index contributed by atoms with van der Waals surface area (Å²) < 4.78 is 56.3. The van der Waals surface area contributed by atoms with Gasteiger partial charge in [0.2, 0.25) is 0 Å². The van der Waals surface area contributed by atoms with Crippen molar-refractivity contribution in [3.8, 4) is 52.7 Å². The first-order valence-corrected chi connectivity index (χ1v) is 22.0. The molecule has 12 nitrogen and oxygen atoms in total. The Labute approximate surface area is 330 Å². The Bertz CT molecular complexity index is 2380. The van der Waals surface area contributed by atoms with Crippen molar-refractivity contribution in [1.29, 1.82) is 15.8 Å². The molecular formula is C42H33N6O6P3. The average molecular weight is 811 g/mol. The Balaban J connectivity index is 1.57. The van der Waals surface area contributed by atoms with Crippen molar-refractivity contribution in [2.24, 2.45) is 13.5 Å². The molecule has 7 rings (SSSR count). The predicted octanol–water partition coefficient (Wildman–Crippen LogP) is 12.9.